The van der Waals surface area contributed by atoms with Gasteiger partial charge in [-0.05, 0) is 36.8 Å². The minimum atomic E-state index is -0.254. The quantitative estimate of drug-likeness (QED) is 0.499. The normalized spacial score (nSPS) is 10.7. The molecule has 31 heavy (non-hydrogen) atoms. The highest BCUT2D eigenvalue weighted by Gasteiger charge is 2.10. The molecule has 0 fully saturated rings. The van der Waals surface area contributed by atoms with E-state index in [-0.39, 0.29) is 24.4 Å². The number of rotatable bonds is 7. The van der Waals surface area contributed by atoms with E-state index in [0.717, 1.165) is 16.9 Å². The smallest absolute Gasteiger partial charge is 0.277 e. The number of nitrogens with zero attached hydrogens (tertiary/aromatic N) is 3. The zero-order valence-electron chi connectivity index (χ0n) is 17.1. The fourth-order valence-corrected chi connectivity index (χ4v) is 3.20. The SMILES string of the molecule is Cc1ccccc1Oc1ccccc1CNC(=O)CCn1nnc2ccccc2c1=O. The van der Waals surface area contributed by atoms with Gasteiger partial charge in [0.1, 0.15) is 17.0 Å². The molecule has 0 saturated carbocycles. The van der Waals surface area contributed by atoms with Crippen LogP contribution in [0.25, 0.3) is 10.9 Å². The van der Waals surface area contributed by atoms with Crippen molar-refractivity contribution in [3.63, 3.8) is 0 Å². The summed E-state index contributed by atoms with van der Waals surface area (Å²) in [5, 5.41) is 11.3. The molecule has 0 aliphatic carbocycles. The van der Waals surface area contributed by atoms with Gasteiger partial charge < -0.3 is 10.1 Å². The Morgan fingerprint density at radius 3 is 2.52 bits per heavy atom. The van der Waals surface area contributed by atoms with Gasteiger partial charge in [-0.25, -0.2) is 4.68 Å². The average molecular weight is 414 g/mol. The highest BCUT2D eigenvalue weighted by molar-refractivity contribution is 5.77. The second-order valence-electron chi connectivity index (χ2n) is 7.14. The molecular weight excluding hydrogens is 392 g/mol. The standard InChI is InChI=1S/C24H22N4O3/c1-17-8-2-6-12-21(17)31-22-13-7-3-9-18(22)16-25-23(29)14-15-28-24(30)19-10-4-5-11-20(19)26-27-28/h2-13H,14-16H2,1H3,(H,25,29). The molecular formula is C24H22N4O3. The summed E-state index contributed by atoms with van der Waals surface area (Å²) in [5.74, 6) is 1.27. The van der Waals surface area contributed by atoms with Crippen molar-refractivity contribution in [2.24, 2.45) is 0 Å². The summed E-state index contributed by atoms with van der Waals surface area (Å²) < 4.78 is 7.26. The molecule has 0 unspecified atom stereocenters. The Balaban J connectivity index is 1.38. The maximum absolute atomic E-state index is 12.5. The number of nitrogens with one attached hydrogen (secondary N) is 1. The largest absolute Gasteiger partial charge is 0.457 e. The van der Waals surface area contributed by atoms with Gasteiger partial charge in [-0.1, -0.05) is 53.7 Å². The predicted octanol–water partition coefficient (Wildman–Crippen LogP) is 3.60. The van der Waals surface area contributed by atoms with Crippen molar-refractivity contribution in [1.82, 2.24) is 20.3 Å². The lowest BCUT2D eigenvalue weighted by atomic mass is 10.2. The molecule has 0 atom stereocenters. The maximum Gasteiger partial charge on any atom is 0.277 e. The molecule has 0 aliphatic rings. The number of hydrogen-bond donors (Lipinski definition) is 1. The van der Waals surface area contributed by atoms with Gasteiger partial charge >= 0.3 is 0 Å². The molecule has 0 radical (unpaired) electrons. The Morgan fingerprint density at radius 2 is 1.68 bits per heavy atom. The molecule has 1 N–H and O–H groups in total. The van der Waals surface area contributed by atoms with E-state index >= 15 is 0 Å². The van der Waals surface area contributed by atoms with E-state index in [4.69, 9.17) is 4.74 Å². The average Bonchev–Trinajstić information content (AvgIpc) is 2.80. The first-order valence-corrected chi connectivity index (χ1v) is 10.0. The van der Waals surface area contributed by atoms with E-state index in [2.05, 4.69) is 15.6 Å². The van der Waals surface area contributed by atoms with Gasteiger partial charge in [0, 0.05) is 18.5 Å². The molecule has 156 valence electrons. The fourth-order valence-electron chi connectivity index (χ4n) is 3.20. The highest BCUT2D eigenvalue weighted by Crippen LogP contribution is 2.27. The second-order valence-corrected chi connectivity index (χ2v) is 7.14. The number of para-hydroxylation sites is 2. The Labute approximate surface area is 179 Å². The zero-order valence-corrected chi connectivity index (χ0v) is 17.1. The molecule has 0 saturated heterocycles. The Kier molecular flexibility index (Phi) is 6.03. The Bertz CT molecular complexity index is 1280. The highest BCUT2D eigenvalue weighted by atomic mass is 16.5. The summed E-state index contributed by atoms with van der Waals surface area (Å²) in [5.41, 5.74) is 2.18. The third-order valence-corrected chi connectivity index (χ3v) is 4.94. The first-order valence-electron chi connectivity index (χ1n) is 10.0. The van der Waals surface area contributed by atoms with Gasteiger partial charge in [-0.2, -0.15) is 0 Å². The maximum atomic E-state index is 12.5. The monoisotopic (exact) mass is 414 g/mol. The third kappa shape index (κ3) is 4.78. The number of benzene rings is 3. The van der Waals surface area contributed by atoms with E-state index in [1.807, 2.05) is 55.5 Å². The summed E-state index contributed by atoms with van der Waals surface area (Å²) >= 11 is 0. The third-order valence-electron chi connectivity index (χ3n) is 4.94. The van der Waals surface area contributed by atoms with Crippen molar-refractivity contribution in [2.75, 3.05) is 0 Å². The van der Waals surface area contributed by atoms with Crippen LogP contribution in [0.4, 0.5) is 0 Å². The summed E-state index contributed by atoms with van der Waals surface area (Å²) in [6.45, 7) is 2.46. The van der Waals surface area contributed by atoms with Crippen LogP contribution in [0.15, 0.2) is 77.6 Å². The van der Waals surface area contributed by atoms with Crippen LogP contribution in [0.2, 0.25) is 0 Å². The molecule has 1 aromatic heterocycles. The van der Waals surface area contributed by atoms with Crippen LogP contribution in [0.5, 0.6) is 11.5 Å². The minimum absolute atomic E-state index is 0.119. The minimum Gasteiger partial charge on any atom is -0.457 e. The number of aryl methyl sites for hydroxylation is 2. The first-order chi connectivity index (χ1) is 15.1. The van der Waals surface area contributed by atoms with Gasteiger partial charge in [0.2, 0.25) is 5.91 Å². The van der Waals surface area contributed by atoms with Crippen molar-refractivity contribution in [2.45, 2.75) is 26.4 Å². The summed E-state index contributed by atoms with van der Waals surface area (Å²) in [7, 11) is 0. The van der Waals surface area contributed by atoms with Gasteiger partial charge in [-0.3, -0.25) is 9.59 Å². The molecule has 0 spiro atoms. The molecule has 4 aromatic rings. The molecule has 3 aromatic carbocycles. The zero-order chi connectivity index (χ0) is 21.6. The Morgan fingerprint density at radius 1 is 0.968 bits per heavy atom. The van der Waals surface area contributed by atoms with Crippen LogP contribution in [0.1, 0.15) is 17.5 Å². The van der Waals surface area contributed by atoms with Crippen LogP contribution in [0.3, 0.4) is 0 Å². The molecule has 0 aliphatic heterocycles. The molecule has 7 nitrogen and oxygen atoms in total. The van der Waals surface area contributed by atoms with Crippen LogP contribution in [0, 0.1) is 6.92 Å². The molecule has 1 heterocycles. The fraction of sp³-hybridized carbons (Fsp3) is 0.167. The molecule has 1 amide bonds. The molecule has 0 bridgehead atoms. The molecule has 4 rings (SSSR count). The lowest BCUT2D eigenvalue weighted by Gasteiger charge is -2.13. The van der Waals surface area contributed by atoms with E-state index in [1.165, 1.54) is 4.68 Å². The lowest BCUT2D eigenvalue weighted by Crippen LogP contribution is -2.29. The van der Waals surface area contributed by atoms with Crippen molar-refractivity contribution in [1.29, 1.82) is 0 Å². The van der Waals surface area contributed by atoms with E-state index in [9.17, 15) is 9.59 Å². The van der Waals surface area contributed by atoms with Gasteiger partial charge in [0.25, 0.3) is 5.56 Å². The van der Waals surface area contributed by atoms with Crippen molar-refractivity contribution in [3.8, 4) is 11.5 Å². The van der Waals surface area contributed by atoms with Crippen molar-refractivity contribution >= 4 is 16.8 Å². The van der Waals surface area contributed by atoms with Gasteiger partial charge in [0.05, 0.1) is 11.9 Å². The van der Waals surface area contributed by atoms with E-state index in [1.54, 1.807) is 24.3 Å². The second kappa shape index (κ2) is 9.21. The lowest BCUT2D eigenvalue weighted by molar-refractivity contribution is -0.121. The van der Waals surface area contributed by atoms with Crippen molar-refractivity contribution in [3.05, 3.63) is 94.3 Å². The van der Waals surface area contributed by atoms with Crippen LogP contribution >= 0.6 is 0 Å². The number of fused-ring (bicyclic) bond motifs is 1. The van der Waals surface area contributed by atoms with E-state index < -0.39 is 0 Å². The summed E-state index contributed by atoms with van der Waals surface area (Å²) in [6.07, 6.45) is 0.119. The number of carbonyl (C=O) groups excluding carboxylic acids is 1. The topological polar surface area (TPSA) is 86.1 Å². The summed E-state index contributed by atoms with van der Waals surface area (Å²) in [6, 6.07) is 22.4. The van der Waals surface area contributed by atoms with Crippen LogP contribution in [-0.2, 0) is 17.9 Å². The first kappa shape index (κ1) is 20.3. The number of aromatic nitrogens is 3. The summed E-state index contributed by atoms with van der Waals surface area (Å²) in [4.78, 5) is 24.9. The van der Waals surface area contributed by atoms with Gasteiger partial charge in [-0.15, -0.1) is 5.10 Å². The van der Waals surface area contributed by atoms with Crippen molar-refractivity contribution < 1.29 is 9.53 Å². The number of carbonyl (C=O) groups is 1. The Hall–Kier alpha value is -4.00. The van der Waals surface area contributed by atoms with Gasteiger partial charge in [0.15, 0.2) is 0 Å². The predicted molar refractivity (Wildman–Crippen MR) is 118 cm³/mol. The van der Waals surface area contributed by atoms with Crippen LogP contribution < -0.4 is 15.6 Å². The van der Waals surface area contributed by atoms with E-state index in [0.29, 0.717) is 23.2 Å². The number of hydrogen-bond acceptors (Lipinski definition) is 5. The number of amides is 1. The molecule has 7 heteroatoms. The number of ether oxygens (including phenoxy) is 1. The van der Waals surface area contributed by atoms with Crippen LogP contribution in [-0.4, -0.2) is 20.9 Å².